The first kappa shape index (κ1) is 12.3. The lowest BCUT2D eigenvalue weighted by Crippen LogP contribution is -2.32. The first-order chi connectivity index (χ1) is 8.60. The molecule has 94 valence electrons. The largest absolute Gasteiger partial charge is 0.465 e. The molecule has 2 rings (SSSR count). The Kier molecular flexibility index (Phi) is 3.12. The zero-order chi connectivity index (χ0) is 13.3. The monoisotopic (exact) mass is 249 g/mol. The molecule has 1 N–H and O–H groups in total. The molecule has 0 saturated carbocycles. The van der Waals surface area contributed by atoms with Crippen LogP contribution < -0.4 is 0 Å². The number of aliphatic hydroxyl groups is 1. The molecule has 1 aromatic carbocycles. The third-order valence-electron chi connectivity index (χ3n) is 2.72. The van der Waals surface area contributed by atoms with Gasteiger partial charge in [0.2, 0.25) is 0 Å². The smallest absolute Gasteiger partial charge is 0.337 e. The highest BCUT2D eigenvalue weighted by molar-refractivity contribution is 6.21. The summed E-state index contributed by atoms with van der Waals surface area (Å²) in [7, 11) is 1.24. The molecule has 2 amide bonds. The Morgan fingerprint density at radius 1 is 1.28 bits per heavy atom. The predicted molar refractivity (Wildman–Crippen MR) is 60.2 cm³/mol. The molecule has 0 aromatic heterocycles. The van der Waals surface area contributed by atoms with Crippen molar-refractivity contribution < 1.29 is 24.2 Å². The Morgan fingerprint density at radius 2 is 1.94 bits per heavy atom. The first-order valence-corrected chi connectivity index (χ1v) is 5.29. The third kappa shape index (κ3) is 1.76. The van der Waals surface area contributed by atoms with E-state index in [0.29, 0.717) is 0 Å². The Labute approximate surface area is 103 Å². The van der Waals surface area contributed by atoms with E-state index < -0.39 is 17.8 Å². The zero-order valence-corrected chi connectivity index (χ0v) is 9.67. The Morgan fingerprint density at radius 3 is 2.56 bits per heavy atom. The van der Waals surface area contributed by atoms with E-state index in [1.165, 1.54) is 25.3 Å². The van der Waals surface area contributed by atoms with E-state index in [1.807, 2.05) is 0 Å². The van der Waals surface area contributed by atoms with Crippen molar-refractivity contribution in [1.82, 2.24) is 4.90 Å². The Hall–Kier alpha value is -2.21. The molecule has 6 heteroatoms. The van der Waals surface area contributed by atoms with E-state index in [1.54, 1.807) is 0 Å². The van der Waals surface area contributed by atoms with Crippen LogP contribution in [0.5, 0.6) is 0 Å². The summed E-state index contributed by atoms with van der Waals surface area (Å²) in [5, 5.41) is 8.80. The summed E-state index contributed by atoms with van der Waals surface area (Å²) in [6.07, 6.45) is 0. The number of amides is 2. The van der Waals surface area contributed by atoms with Crippen LogP contribution in [-0.4, -0.2) is 48.1 Å². The number of benzene rings is 1. The van der Waals surface area contributed by atoms with Crippen LogP contribution in [0, 0.1) is 0 Å². The molecule has 1 aromatic rings. The molecular formula is C12H11NO5. The average molecular weight is 249 g/mol. The lowest BCUT2D eigenvalue weighted by molar-refractivity contribution is 0.0598. The predicted octanol–water partition coefficient (Wildman–Crippen LogP) is 0.0615. The summed E-state index contributed by atoms with van der Waals surface area (Å²) in [4.78, 5) is 36.0. The molecule has 0 aliphatic carbocycles. The minimum Gasteiger partial charge on any atom is -0.465 e. The van der Waals surface area contributed by atoms with Gasteiger partial charge in [-0.1, -0.05) is 0 Å². The molecule has 0 unspecified atom stereocenters. The van der Waals surface area contributed by atoms with Crippen LogP contribution in [0.1, 0.15) is 31.1 Å². The van der Waals surface area contributed by atoms with Crippen LogP contribution in [0.15, 0.2) is 18.2 Å². The van der Waals surface area contributed by atoms with Crippen molar-refractivity contribution in [3.63, 3.8) is 0 Å². The van der Waals surface area contributed by atoms with Gasteiger partial charge in [0.25, 0.3) is 11.8 Å². The van der Waals surface area contributed by atoms with Gasteiger partial charge < -0.3 is 9.84 Å². The topological polar surface area (TPSA) is 83.9 Å². The number of ether oxygens (including phenoxy) is 1. The highest BCUT2D eigenvalue weighted by atomic mass is 16.5. The molecule has 0 saturated heterocycles. The zero-order valence-electron chi connectivity index (χ0n) is 9.67. The van der Waals surface area contributed by atoms with Crippen molar-refractivity contribution in [1.29, 1.82) is 0 Å². The van der Waals surface area contributed by atoms with Gasteiger partial charge in [-0.3, -0.25) is 14.5 Å². The van der Waals surface area contributed by atoms with Crippen molar-refractivity contribution in [2.45, 2.75) is 0 Å². The van der Waals surface area contributed by atoms with Crippen molar-refractivity contribution in [2.24, 2.45) is 0 Å². The number of rotatable bonds is 3. The number of aliphatic hydroxyl groups excluding tert-OH is 1. The molecule has 1 aliphatic heterocycles. The second kappa shape index (κ2) is 4.58. The molecule has 0 spiro atoms. The van der Waals surface area contributed by atoms with E-state index in [9.17, 15) is 14.4 Å². The lowest BCUT2D eigenvalue weighted by Gasteiger charge is -2.10. The van der Waals surface area contributed by atoms with Crippen LogP contribution in [-0.2, 0) is 4.74 Å². The van der Waals surface area contributed by atoms with Crippen molar-refractivity contribution in [2.75, 3.05) is 20.3 Å². The molecule has 1 heterocycles. The maximum Gasteiger partial charge on any atom is 0.337 e. The number of nitrogens with zero attached hydrogens (tertiary/aromatic N) is 1. The quantitative estimate of drug-likeness (QED) is 0.605. The van der Waals surface area contributed by atoms with Gasteiger partial charge in [0.05, 0.1) is 37.0 Å². The number of methoxy groups -OCH3 is 1. The van der Waals surface area contributed by atoms with Gasteiger partial charge in [-0.25, -0.2) is 4.79 Å². The average Bonchev–Trinajstić information content (AvgIpc) is 2.63. The summed E-state index contributed by atoms with van der Waals surface area (Å²) in [5.41, 5.74) is 0.612. The number of hydrogen-bond acceptors (Lipinski definition) is 5. The number of fused-ring (bicyclic) bond motifs is 1. The maximum absolute atomic E-state index is 11.9. The number of esters is 1. The van der Waals surface area contributed by atoms with Crippen LogP contribution >= 0.6 is 0 Å². The minimum absolute atomic E-state index is 0.0557. The SMILES string of the molecule is COC(=O)c1ccc2c(c1)C(=O)N(CCO)C2=O. The van der Waals surface area contributed by atoms with Gasteiger partial charge in [-0.15, -0.1) is 0 Å². The van der Waals surface area contributed by atoms with Crippen LogP contribution in [0.3, 0.4) is 0 Å². The highest BCUT2D eigenvalue weighted by Crippen LogP contribution is 2.23. The molecule has 18 heavy (non-hydrogen) atoms. The molecule has 1 aliphatic rings. The van der Waals surface area contributed by atoms with Crippen LogP contribution in [0.25, 0.3) is 0 Å². The van der Waals surface area contributed by atoms with Crippen molar-refractivity contribution in [3.05, 3.63) is 34.9 Å². The summed E-state index contributed by atoms with van der Waals surface area (Å²) in [6.45, 7) is -0.352. The molecule has 0 bridgehead atoms. The normalized spacial score (nSPS) is 13.8. The number of hydrogen-bond donors (Lipinski definition) is 1. The fourth-order valence-electron chi connectivity index (χ4n) is 1.84. The third-order valence-corrected chi connectivity index (χ3v) is 2.72. The highest BCUT2D eigenvalue weighted by Gasteiger charge is 2.35. The van der Waals surface area contributed by atoms with Crippen LogP contribution in [0.2, 0.25) is 0 Å². The summed E-state index contributed by atoms with van der Waals surface area (Å²) in [6, 6.07) is 4.18. The number of β-amino-alcohol motifs (C(OH)–C–C–N with tert-alkyl or cyclic N) is 1. The number of imide groups is 1. The van der Waals surface area contributed by atoms with E-state index in [2.05, 4.69) is 4.74 Å². The Bertz CT molecular complexity index is 537. The van der Waals surface area contributed by atoms with Gasteiger partial charge >= 0.3 is 5.97 Å². The van der Waals surface area contributed by atoms with E-state index in [4.69, 9.17) is 5.11 Å². The van der Waals surface area contributed by atoms with Crippen molar-refractivity contribution >= 4 is 17.8 Å². The minimum atomic E-state index is -0.571. The van der Waals surface area contributed by atoms with Crippen LogP contribution in [0.4, 0.5) is 0 Å². The lowest BCUT2D eigenvalue weighted by atomic mass is 10.1. The van der Waals surface area contributed by atoms with E-state index in [0.717, 1.165) is 4.90 Å². The Balaban J connectivity index is 2.43. The molecular weight excluding hydrogens is 238 g/mol. The van der Waals surface area contributed by atoms with Gasteiger partial charge in [0.15, 0.2) is 0 Å². The molecule has 0 atom stereocenters. The van der Waals surface area contributed by atoms with E-state index >= 15 is 0 Å². The fourth-order valence-corrected chi connectivity index (χ4v) is 1.84. The number of carbonyl (C=O) groups excluding carboxylic acids is 3. The maximum atomic E-state index is 11.9. The summed E-state index contributed by atoms with van der Waals surface area (Å²) >= 11 is 0. The van der Waals surface area contributed by atoms with Gasteiger partial charge in [-0.05, 0) is 18.2 Å². The molecule has 6 nitrogen and oxygen atoms in total. The second-order valence-corrected chi connectivity index (χ2v) is 3.74. The first-order valence-electron chi connectivity index (χ1n) is 5.29. The molecule has 0 fully saturated rings. The van der Waals surface area contributed by atoms with Gasteiger partial charge in [0, 0.05) is 0 Å². The van der Waals surface area contributed by atoms with Gasteiger partial charge in [-0.2, -0.15) is 0 Å². The van der Waals surface area contributed by atoms with E-state index in [-0.39, 0.29) is 29.8 Å². The molecule has 0 radical (unpaired) electrons. The summed E-state index contributed by atoms with van der Waals surface area (Å²) in [5.74, 6) is -1.53. The fraction of sp³-hybridized carbons (Fsp3) is 0.250. The van der Waals surface area contributed by atoms with Gasteiger partial charge in [0.1, 0.15) is 0 Å². The number of carbonyl (C=O) groups is 3. The standard InChI is InChI=1S/C12H11NO5/c1-18-12(17)7-2-3-8-9(6-7)11(16)13(4-5-14)10(8)15/h2-3,6,14H,4-5H2,1H3. The van der Waals surface area contributed by atoms with Crippen molar-refractivity contribution in [3.8, 4) is 0 Å². The summed E-state index contributed by atoms with van der Waals surface area (Å²) < 4.78 is 4.54. The second-order valence-electron chi connectivity index (χ2n) is 3.74.